The number of rotatable bonds is 8. The van der Waals surface area contributed by atoms with Gasteiger partial charge in [0.05, 0.1) is 38.6 Å². The van der Waals surface area contributed by atoms with E-state index in [4.69, 9.17) is 9.47 Å². The second-order valence-corrected chi connectivity index (χ2v) is 9.01. The highest BCUT2D eigenvalue weighted by Gasteiger charge is 2.43. The van der Waals surface area contributed by atoms with Crippen LogP contribution in [0.15, 0.2) is 48.5 Å². The lowest BCUT2D eigenvalue weighted by molar-refractivity contribution is -0.0177. The SMILES string of the molecule is N#CC(CCCC(C#N)(c1ccc(F)cc1)N1CCOCC1)(c1ccc(F)cc1)N1CCOCC1. The van der Waals surface area contributed by atoms with Crippen LogP contribution < -0.4 is 0 Å². The largest absolute Gasteiger partial charge is 0.379 e. The summed E-state index contributed by atoms with van der Waals surface area (Å²) in [4.78, 5) is 4.20. The summed E-state index contributed by atoms with van der Waals surface area (Å²) in [7, 11) is 0. The van der Waals surface area contributed by atoms with Gasteiger partial charge in [-0.3, -0.25) is 9.80 Å². The first-order chi connectivity index (χ1) is 17.0. The molecule has 2 aromatic rings. The summed E-state index contributed by atoms with van der Waals surface area (Å²) in [5.74, 6) is -0.704. The molecule has 0 radical (unpaired) electrons. The molecule has 0 saturated carbocycles. The van der Waals surface area contributed by atoms with Gasteiger partial charge in [-0.05, 0) is 54.7 Å². The molecule has 2 aliphatic rings. The number of hydrogen-bond acceptors (Lipinski definition) is 6. The van der Waals surface area contributed by atoms with Crippen LogP contribution in [0, 0.1) is 34.3 Å². The van der Waals surface area contributed by atoms with Crippen LogP contribution in [-0.2, 0) is 20.6 Å². The smallest absolute Gasteiger partial charge is 0.134 e. The van der Waals surface area contributed by atoms with E-state index in [1.807, 2.05) is 0 Å². The molecule has 2 atom stereocenters. The molecule has 0 aromatic heterocycles. The summed E-state index contributed by atoms with van der Waals surface area (Å²) in [5.41, 5.74) is -0.461. The molecule has 2 fully saturated rings. The Bertz CT molecular complexity index is 969. The van der Waals surface area contributed by atoms with Crippen LogP contribution in [0.1, 0.15) is 30.4 Å². The fraction of sp³-hybridized carbons (Fsp3) is 0.481. The van der Waals surface area contributed by atoms with Crippen molar-refractivity contribution in [1.82, 2.24) is 9.80 Å². The summed E-state index contributed by atoms with van der Waals surface area (Å²) in [6, 6.07) is 17.3. The van der Waals surface area contributed by atoms with Crippen molar-refractivity contribution in [1.29, 1.82) is 10.5 Å². The van der Waals surface area contributed by atoms with Crippen LogP contribution in [0.5, 0.6) is 0 Å². The van der Waals surface area contributed by atoms with E-state index in [0.29, 0.717) is 71.9 Å². The minimum atomic E-state index is -0.966. The van der Waals surface area contributed by atoms with E-state index >= 15 is 0 Å². The highest BCUT2D eigenvalue weighted by molar-refractivity contribution is 5.34. The van der Waals surface area contributed by atoms with Crippen LogP contribution >= 0.6 is 0 Å². The molecular weight excluding hydrogens is 450 g/mol. The Morgan fingerprint density at radius 3 is 1.31 bits per heavy atom. The summed E-state index contributed by atoms with van der Waals surface area (Å²) in [5, 5.41) is 20.9. The zero-order chi connectivity index (χ0) is 24.7. The Hall–Kier alpha value is -2.88. The molecule has 0 N–H and O–H groups in total. The van der Waals surface area contributed by atoms with E-state index in [1.54, 1.807) is 24.3 Å². The molecule has 2 heterocycles. The Morgan fingerprint density at radius 1 is 0.657 bits per heavy atom. The fourth-order valence-corrected chi connectivity index (χ4v) is 5.29. The van der Waals surface area contributed by atoms with Crippen molar-refractivity contribution in [2.75, 3.05) is 52.6 Å². The lowest BCUT2D eigenvalue weighted by atomic mass is 9.79. The average molecular weight is 481 g/mol. The Kier molecular flexibility index (Phi) is 8.10. The Balaban J connectivity index is 1.64. The van der Waals surface area contributed by atoms with Crippen LogP contribution in [0.2, 0.25) is 0 Å². The molecule has 35 heavy (non-hydrogen) atoms. The number of ether oxygens (including phenoxy) is 2. The van der Waals surface area contributed by atoms with Crippen LogP contribution in [-0.4, -0.2) is 62.4 Å². The molecule has 184 valence electrons. The average Bonchev–Trinajstić information content (AvgIpc) is 2.91. The molecule has 8 heteroatoms. The van der Waals surface area contributed by atoms with Crippen molar-refractivity contribution in [2.24, 2.45) is 0 Å². The normalized spacial score (nSPS) is 20.8. The second-order valence-electron chi connectivity index (χ2n) is 9.01. The Morgan fingerprint density at radius 2 is 1.00 bits per heavy atom. The van der Waals surface area contributed by atoms with Crippen molar-refractivity contribution in [2.45, 2.75) is 30.3 Å². The van der Waals surface area contributed by atoms with Gasteiger partial charge in [0.2, 0.25) is 0 Å². The maximum Gasteiger partial charge on any atom is 0.134 e. The minimum absolute atomic E-state index is 0.352. The lowest BCUT2D eigenvalue weighted by Crippen LogP contribution is -2.52. The number of nitrogens with zero attached hydrogens (tertiary/aromatic N) is 4. The molecule has 0 bridgehead atoms. The number of nitriles is 2. The topological polar surface area (TPSA) is 72.5 Å². The van der Waals surface area contributed by atoms with E-state index in [-0.39, 0.29) is 11.6 Å². The predicted molar refractivity (Wildman–Crippen MR) is 126 cm³/mol. The molecule has 0 aliphatic carbocycles. The minimum Gasteiger partial charge on any atom is -0.379 e. The molecule has 2 unspecified atom stereocenters. The first-order valence-corrected chi connectivity index (χ1v) is 12.0. The number of benzene rings is 2. The molecular formula is C27H30F2N4O2. The number of morpholine rings is 2. The number of hydrogen-bond donors (Lipinski definition) is 0. The predicted octanol–water partition coefficient (Wildman–Crippen LogP) is 3.94. The maximum absolute atomic E-state index is 13.7. The summed E-state index contributed by atoms with van der Waals surface area (Å²) >= 11 is 0. The third-order valence-corrected chi connectivity index (χ3v) is 7.19. The Labute approximate surface area is 205 Å². The van der Waals surface area contributed by atoms with Crippen LogP contribution in [0.3, 0.4) is 0 Å². The van der Waals surface area contributed by atoms with Gasteiger partial charge in [-0.1, -0.05) is 24.3 Å². The van der Waals surface area contributed by atoms with Gasteiger partial charge in [-0.2, -0.15) is 10.5 Å². The summed E-state index contributed by atoms with van der Waals surface area (Å²) < 4.78 is 38.4. The molecule has 2 saturated heterocycles. The number of halogens is 2. The van der Waals surface area contributed by atoms with Crippen molar-refractivity contribution in [3.8, 4) is 12.1 Å². The fourth-order valence-electron chi connectivity index (χ4n) is 5.29. The summed E-state index contributed by atoms with van der Waals surface area (Å²) in [6.45, 7) is 4.47. The maximum atomic E-state index is 13.7. The van der Waals surface area contributed by atoms with E-state index in [9.17, 15) is 19.3 Å². The molecule has 4 rings (SSSR count). The van der Waals surface area contributed by atoms with E-state index in [1.165, 1.54) is 24.3 Å². The van der Waals surface area contributed by atoms with Crippen LogP contribution in [0.4, 0.5) is 8.78 Å². The summed E-state index contributed by atoms with van der Waals surface area (Å²) in [6.07, 6.45) is 1.48. The standard InChI is InChI=1S/C27H30F2N4O2/c28-24-6-2-22(3-7-24)26(20-30,32-12-16-34-17-13-32)10-1-11-27(21-31,33-14-18-35-19-15-33)23-4-8-25(29)9-5-23/h2-9H,1,10-19H2. The highest BCUT2D eigenvalue weighted by Crippen LogP contribution is 2.39. The monoisotopic (exact) mass is 480 g/mol. The van der Waals surface area contributed by atoms with Gasteiger partial charge in [-0.15, -0.1) is 0 Å². The molecule has 0 amide bonds. The van der Waals surface area contributed by atoms with Gasteiger partial charge in [-0.25, -0.2) is 8.78 Å². The van der Waals surface area contributed by atoms with Crippen molar-refractivity contribution in [3.63, 3.8) is 0 Å². The first-order valence-electron chi connectivity index (χ1n) is 12.0. The third-order valence-electron chi connectivity index (χ3n) is 7.19. The van der Waals surface area contributed by atoms with Gasteiger partial charge in [0.25, 0.3) is 0 Å². The van der Waals surface area contributed by atoms with Crippen molar-refractivity contribution < 1.29 is 18.3 Å². The second kappa shape index (κ2) is 11.2. The zero-order valence-corrected chi connectivity index (χ0v) is 19.8. The van der Waals surface area contributed by atoms with E-state index < -0.39 is 11.1 Å². The van der Waals surface area contributed by atoms with Gasteiger partial charge in [0.1, 0.15) is 22.7 Å². The quantitative estimate of drug-likeness (QED) is 0.570. The van der Waals surface area contributed by atoms with Gasteiger partial charge in [0, 0.05) is 26.2 Å². The zero-order valence-electron chi connectivity index (χ0n) is 19.8. The highest BCUT2D eigenvalue weighted by atomic mass is 19.1. The molecule has 2 aromatic carbocycles. The van der Waals surface area contributed by atoms with Gasteiger partial charge >= 0.3 is 0 Å². The van der Waals surface area contributed by atoms with E-state index in [2.05, 4.69) is 21.9 Å². The van der Waals surface area contributed by atoms with E-state index in [0.717, 1.165) is 11.1 Å². The molecule has 2 aliphatic heterocycles. The van der Waals surface area contributed by atoms with Crippen molar-refractivity contribution in [3.05, 3.63) is 71.3 Å². The first kappa shape index (κ1) is 25.2. The third kappa shape index (κ3) is 5.22. The molecule has 0 spiro atoms. The molecule has 6 nitrogen and oxygen atoms in total. The lowest BCUT2D eigenvalue weighted by Gasteiger charge is -2.44. The van der Waals surface area contributed by atoms with Crippen molar-refractivity contribution >= 4 is 0 Å². The van der Waals surface area contributed by atoms with Gasteiger partial charge < -0.3 is 9.47 Å². The van der Waals surface area contributed by atoms with Gasteiger partial charge in [0.15, 0.2) is 0 Å². The van der Waals surface area contributed by atoms with Crippen LogP contribution in [0.25, 0.3) is 0 Å².